The number of carbonyl (C=O) groups excluding carboxylic acids is 2. The van der Waals surface area contributed by atoms with Gasteiger partial charge in [0.1, 0.15) is 18.2 Å². The zero-order valence-electron chi connectivity index (χ0n) is 20.2. The van der Waals surface area contributed by atoms with Gasteiger partial charge in [0.25, 0.3) is 5.88 Å². The number of hydrogen-bond donors (Lipinski definition) is 3. The first-order chi connectivity index (χ1) is 17.8. The molecule has 3 N–H and O–H groups in total. The number of halogens is 3. The van der Waals surface area contributed by atoms with Gasteiger partial charge in [0.15, 0.2) is 5.00 Å². The second-order valence-electron chi connectivity index (χ2n) is 8.29. The van der Waals surface area contributed by atoms with Crippen LogP contribution in [0.2, 0.25) is 5.02 Å². The molecule has 2 amide bonds. The van der Waals surface area contributed by atoms with Gasteiger partial charge in [-0.1, -0.05) is 18.0 Å². The summed E-state index contributed by atoms with van der Waals surface area (Å²) in [6.07, 6.45) is 3.72. The molecule has 1 aromatic carbocycles. The molecule has 2 heterocycles. The molecule has 1 saturated heterocycles. The Morgan fingerprint density at radius 3 is 2.73 bits per heavy atom. The van der Waals surface area contributed by atoms with Crippen molar-refractivity contribution in [2.45, 2.75) is 44.8 Å². The Bertz CT molecular complexity index is 1050. The molecular weight excluding hydrogens is 534 g/mol. The molecular formula is C23H29ClF2N4O6S. The largest absolute Gasteiger partial charge is 0.513 e. The topological polar surface area (TPSA) is 122 Å². The minimum atomic E-state index is -1.10. The fourth-order valence-corrected chi connectivity index (χ4v) is 4.71. The number of carbonyl (C=O) groups is 2. The van der Waals surface area contributed by atoms with E-state index in [1.54, 1.807) is 0 Å². The predicted octanol–water partition coefficient (Wildman–Crippen LogP) is 4.55. The number of amides is 2. The van der Waals surface area contributed by atoms with Gasteiger partial charge in [0, 0.05) is 17.6 Å². The highest BCUT2D eigenvalue weighted by atomic mass is 35.5. The number of anilines is 1. The van der Waals surface area contributed by atoms with Gasteiger partial charge in [-0.3, -0.25) is 10.2 Å². The molecule has 1 fully saturated rings. The number of nitrogens with one attached hydrogen (secondary N) is 2. The highest BCUT2D eigenvalue weighted by Gasteiger charge is 2.24. The third-order valence-electron chi connectivity index (χ3n) is 5.78. The second-order valence-corrected chi connectivity index (χ2v) is 9.50. The third-order valence-corrected chi connectivity index (χ3v) is 6.72. The molecule has 0 bridgehead atoms. The number of aliphatic hydroxyl groups is 1. The molecule has 1 aromatic heterocycles. The number of rotatable bonds is 11. The molecule has 0 aliphatic carbocycles. The molecule has 1 aliphatic rings. The maximum atomic E-state index is 14.1. The monoisotopic (exact) mass is 562 g/mol. The Morgan fingerprint density at radius 1 is 1.27 bits per heavy atom. The molecule has 1 atom stereocenters. The highest BCUT2D eigenvalue weighted by Crippen LogP contribution is 2.39. The summed E-state index contributed by atoms with van der Waals surface area (Å²) < 4.78 is 47.0. The predicted molar refractivity (Wildman–Crippen MR) is 133 cm³/mol. The van der Waals surface area contributed by atoms with Crippen molar-refractivity contribution < 1.29 is 37.7 Å². The zero-order valence-corrected chi connectivity index (χ0v) is 21.8. The van der Waals surface area contributed by atoms with Gasteiger partial charge in [-0.2, -0.15) is 0 Å². The van der Waals surface area contributed by atoms with E-state index in [2.05, 4.69) is 24.6 Å². The SMILES string of the molecule is COC(=O)Oc1c(OCc2c(F)cc(Cl)cc2F)nsc1NC(=O)NCCCCN1CCCCC1CO. The van der Waals surface area contributed by atoms with Crippen LogP contribution >= 0.6 is 23.1 Å². The van der Waals surface area contributed by atoms with Crippen LogP contribution in [0.5, 0.6) is 11.6 Å². The van der Waals surface area contributed by atoms with Gasteiger partial charge < -0.3 is 24.6 Å². The number of nitrogens with zero attached hydrogens (tertiary/aromatic N) is 2. The molecule has 0 radical (unpaired) electrons. The number of piperidine rings is 1. The van der Waals surface area contributed by atoms with E-state index in [9.17, 15) is 23.5 Å². The number of likely N-dealkylation sites (tertiary alicyclic amines) is 1. The van der Waals surface area contributed by atoms with E-state index in [0.29, 0.717) is 6.54 Å². The zero-order chi connectivity index (χ0) is 26.8. The van der Waals surface area contributed by atoms with Crippen molar-refractivity contribution in [1.82, 2.24) is 14.6 Å². The maximum Gasteiger partial charge on any atom is 0.513 e. The summed E-state index contributed by atoms with van der Waals surface area (Å²) in [4.78, 5) is 26.4. The number of methoxy groups -OCH3 is 1. The summed E-state index contributed by atoms with van der Waals surface area (Å²) >= 11 is 6.38. The van der Waals surface area contributed by atoms with Crippen molar-refractivity contribution in [3.05, 3.63) is 34.4 Å². The lowest BCUT2D eigenvalue weighted by Crippen LogP contribution is -2.42. The van der Waals surface area contributed by atoms with Gasteiger partial charge >= 0.3 is 12.2 Å². The van der Waals surface area contributed by atoms with Crippen LogP contribution in [0.3, 0.4) is 0 Å². The second kappa shape index (κ2) is 14.3. The van der Waals surface area contributed by atoms with Crippen molar-refractivity contribution in [3.63, 3.8) is 0 Å². The Kier molecular flexibility index (Phi) is 11.1. The van der Waals surface area contributed by atoms with E-state index in [1.165, 1.54) is 0 Å². The number of benzene rings is 1. The van der Waals surface area contributed by atoms with Crippen LogP contribution in [0, 0.1) is 11.6 Å². The Morgan fingerprint density at radius 2 is 2.03 bits per heavy atom. The number of aromatic nitrogens is 1. The molecule has 1 aliphatic heterocycles. The number of hydrogen-bond acceptors (Lipinski definition) is 9. The summed E-state index contributed by atoms with van der Waals surface area (Å²) in [6.45, 7) is 1.79. The molecule has 0 saturated carbocycles. The van der Waals surface area contributed by atoms with Crippen molar-refractivity contribution >= 4 is 40.3 Å². The first kappa shape index (κ1) is 28.8. The molecule has 0 spiro atoms. The number of aliphatic hydroxyl groups excluding tert-OH is 1. The number of ether oxygens (including phenoxy) is 3. The van der Waals surface area contributed by atoms with Crippen molar-refractivity contribution in [2.24, 2.45) is 0 Å². The summed E-state index contributed by atoms with van der Waals surface area (Å²) in [5.74, 6) is -2.36. The Balaban J connectivity index is 1.54. The number of urea groups is 1. The quantitative estimate of drug-likeness (QED) is 0.269. The summed E-state index contributed by atoms with van der Waals surface area (Å²) in [5.41, 5.74) is -0.400. The van der Waals surface area contributed by atoms with Crippen molar-refractivity contribution in [2.75, 3.05) is 38.7 Å². The molecule has 37 heavy (non-hydrogen) atoms. The van der Waals surface area contributed by atoms with Crippen molar-refractivity contribution in [3.8, 4) is 11.6 Å². The molecule has 10 nitrogen and oxygen atoms in total. The maximum absolute atomic E-state index is 14.1. The van der Waals surface area contributed by atoms with Crippen LogP contribution in [0.4, 0.5) is 23.4 Å². The first-order valence-corrected chi connectivity index (χ1v) is 12.9. The van der Waals surface area contributed by atoms with Gasteiger partial charge in [-0.25, -0.2) is 18.4 Å². The molecule has 2 aromatic rings. The summed E-state index contributed by atoms with van der Waals surface area (Å²) in [5, 5.41) is 14.7. The van der Waals surface area contributed by atoms with Gasteiger partial charge in [0.05, 0.1) is 19.3 Å². The Labute approximate surface area is 222 Å². The van der Waals surface area contributed by atoms with Gasteiger partial charge in [-0.15, -0.1) is 4.37 Å². The van der Waals surface area contributed by atoms with Crippen LogP contribution in [0.1, 0.15) is 37.7 Å². The standard InChI is InChI=1S/C23H29ClF2N4O6S/c1-34-23(33)36-19-20(35-13-16-17(25)10-14(24)11-18(16)26)29-37-21(19)28-22(32)27-7-3-5-9-30-8-4-2-6-15(30)12-31/h10-11,15,31H,2-9,12-13H2,1H3,(H2,27,28,32). The van der Waals surface area contributed by atoms with E-state index < -0.39 is 36.0 Å². The van der Waals surface area contributed by atoms with Crippen LogP contribution in [0.25, 0.3) is 0 Å². The normalized spacial score (nSPS) is 15.8. The van der Waals surface area contributed by atoms with Crippen LogP contribution < -0.4 is 20.1 Å². The van der Waals surface area contributed by atoms with Gasteiger partial charge in [-0.05, 0) is 62.4 Å². The lowest BCUT2D eigenvalue weighted by atomic mass is 10.0. The summed E-state index contributed by atoms with van der Waals surface area (Å²) in [7, 11) is 1.09. The van der Waals surface area contributed by atoms with Crippen LogP contribution in [0.15, 0.2) is 12.1 Å². The molecule has 204 valence electrons. The minimum Gasteiger partial charge on any atom is -0.469 e. The van der Waals surface area contributed by atoms with E-state index in [-0.39, 0.29) is 34.3 Å². The van der Waals surface area contributed by atoms with Gasteiger partial charge in [0.2, 0.25) is 5.75 Å². The van der Waals surface area contributed by atoms with E-state index in [0.717, 1.165) is 76.0 Å². The first-order valence-electron chi connectivity index (χ1n) is 11.7. The van der Waals surface area contributed by atoms with E-state index >= 15 is 0 Å². The summed E-state index contributed by atoms with van der Waals surface area (Å²) in [6, 6.07) is 1.51. The van der Waals surface area contributed by atoms with E-state index in [4.69, 9.17) is 21.1 Å². The number of unbranched alkanes of at least 4 members (excludes halogenated alkanes) is 1. The van der Waals surface area contributed by atoms with Crippen LogP contribution in [-0.2, 0) is 11.3 Å². The average molecular weight is 563 g/mol. The van der Waals surface area contributed by atoms with E-state index in [1.807, 2.05) is 0 Å². The fraction of sp³-hybridized carbons (Fsp3) is 0.522. The van der Waals surface area contributed by atoms with Crippen molar-refractivity contribution in [1.29, 1.82) is 0 Å². The fourth-order valence-electron chi connectivity index (χ4n) is 3.85. The lowest BCUT2D eigenvalue weighted by molar-refractivity contribution is 0.0888. The minimum absolute atomic E-state index is 0.0362. The Hall–Kier alpha value is -2.74. The average Bonchev–Trinajstić information content (AvgIpc) is 3.23. The van der Waals surface area contributed by atoms with Crippen LogP contribution in [-0.4, -0.2) is 66.0 Å². The third kappa shape index (κ3) is 8.38. The highest BCUT2D eigenvalue weighted by molar-refractivity contribution is 7.11. The lowest BCUT2D eigenvalue weighted by Gasteiger charge is -2.34. The molecule has 1 unspecified atom stereocenters. The smallest absolute Gasteiger partial charge is 0.469 e. The molecule has 3 rings (SSSR count). The molecule has 14 heteroatoms.